The fraction of sp³-hybridized carbons (Fsp3) is 0.706. The van der Waals surface area contributed by atoms with Gasteiger partial charge in [0.2, 0.25) is 17.7 Å². The molecule has 3 amide bonds. The van der Waals surface area contributed by atoms with E-state index in [-0.39, 0.29) is 31.4 Å². The summed E-state index contributed by atoms with van der Waals surface area (Å²) in [7, 11) is 0. The summed E-state index contributed by atoms with van der Waals surface area (Å²) in [5, 5.41) is 25.8. The van der Waals surface area contributed by atoms with Crippen LogP contribution in [0.2, 0.25) is 0 Å². The van der Waals surface area contributed by atoms with E-state index >= 15 is 0 Å². The molecule has 0 aliphatic carbocycles. The molecule has 4 unspecified atom stereocenters. The van der Waals surface area contributed by atoms with Crippen LogP contribution in [0, 0.1) is 5.92 Å². The Hall–Kier alpha value is -2.93. The number of aliphatic hydroxyl groups is 1. The lowest BCUT2D eigenvalue weighted by Crippen LogP contribution is -2.58. The highest BCUT2D eigenvalue weighted by atomic mass is 16.4. The second-order valence-corrected chi connectivity index (χ2v) is 6.73. The van der Waals surface area contributed by atoms with Crippen LogP contribution < -0.4 is 33.2 Å². The van der Waals surface area contributed by atoms with Gasteiger partial charge in [-0.15, -0.1) is 0 Å². The van der Waals surface area contributed by atoms with Gasteiger partial charge in [0.15, 0.2) is 5.96 Å². The van der Waals surface area contributed by atoms with E-state index in [0.717, 1.165) is 0 Å². The van der Waals surface area contributed by atoms with Gasteiger partial charge in [-0.1, -0.05) is 20.3 Å². The van der Waals surface area contributed by atoms with Crippen molar-refractivity contribution in [2.45, 2.75) is 51.2 Å². The smallest absolute Gasteiger partial charge is 0.326 e. The minimum Gasteiger partial charge on any atom is -0.480 e. The number of aliphatic hydroxyl groups excluding tert-OH is 1. The van der Waals surface area contributed by atoms with Crippen molar-refractivity contribution < 1.29 is 29.4 Å². The lowest BCUT2D eigenvalue weighted by Gasteiger charge is -2.25. The fourth-order valence-corrected chi connectivity index (χ4v) is 2.43. The van der Waals surface area contributed by atoms with Crippen molar-refractivity contribution in [3.05, 3.63) is 0 Å². The van der Waals surface area contributed by atoms with E-state index in [4.69, 9.17) is 17.2 Å². The van der Waals surface area contributed by atoms with Crippen LogP contribution in [-0.4, -0.2) is 77.7 Å². The molecule has 11 N–H and O–H groups in total. The molecule has 0 aliphatic heterocycles. The molecule has 172 valence electrons. The van der Waals surface area contributed by atoms with Crippen molar-refractivity contribution >= 4 is 29.7 Å². The molecule has 0 rings (SSSR count). The van der Waals surface area contributed by atoms with Gasteiger partial charge in [-0.3, -0.25) is 19.4 Å². The number of nitrogens with one attached hydrogen (secondary N) is 3. The summed E-state index contributed by atoms with van der Waals surface area (Å²) < 4.78 is 0. The fourth-order valence-electron chi connectivity index (χ4n) is 2.43. The van der Waals surface area contributed by atoms with Gasteiger partial charge in [0.05, 0.1) is 13.2 Å². The van der Waals surface area contributed by atoms with Crippen molar-refractivity contribution in [1.29, 1.82) is 0 Å². The lowest BCUT2D eigenvalue weighted by atomic mass is 9.99. The zero-order valence-corrected chi connectivity index (χ0v) is 17.3. The summed E-state index contributed by atoms with van der Waals surface area (Å²) in [6, 6.07) is -3.64. The van der Waals surface area contributed by atoms with Crippen LogP contribution >= 0.6 is 0 Å². The summed E-state index contributed by atoms with van der Waals surface area (Å²) in [6.07, 6.45) is 0.973. The van der Waals surface area contributed by atoms with Crippen molar-refractivity contribution in [2.75, 3.05) is 19.7 Å². The third-order valence-corrected chi connectivity index (χ3v) is 4.37. The molecule has 13 heteroatoms. The third-order valence-electron chi connectivity index (χ3n) is 4.37. The number of hydrogen-bond acceptors (Lipinski definition) is 7. The van der Waals surface area contributed by atoms with Crippen molar-refractivity contribution in [3.8, 4) is 0 Å². The lowest BCUT2D eigenvalue weighted by molar-refractivity contribution is -0.144. The molecule has 0 spiro atoms. The largest absolute Gasteiger partial charge is 0.480 e. The summed E-state index contributed by atoms with van der Waals surface area (Å²) in [5.74, 6) is -3.91. The van der Waals surface area contributed by atoms with Crippen molar-refractivity contribution in [1.82, 2.24) is 16.0 Å². The normalized spacial score (nSPS) is 14.5. The van der Waals surface area contributed by atoms with E-state index < -0.39 is 48.4 Å². The van der Waals surface area contributed by atoms with E-state index in [9.17, 15) is 29.4 Å². The minimum atomic E-state index is -1.40. The van der Waals surface area contributed by atoms with E-state index in [1.54, 1.807) is 13.8 Å². The molecule has 0 aromatic heterocycles. The van der Waals surface area contributed by atoms with Crippen molar-refractivity contribution in [2.24, 2.45) is 28.1 Å². The van der Waals surface area contributed by atoms with Crippen LogP contribution in [0.3, 0.4) is 0 Å². The predicted octanol–water partition coefficient (Wildman–Crippen LogP) is -3.42. The molecule has 0 fully saturated rings. The van der Waals surface area contributed by atoms with Gasteiger partial charge in [0.25, 0.3) is 0 Å². The molecule has 0 heterocycles. The SMILES string of the molecule is CCC(C)C(NC(=O)C(CO)NC(=O)C(CCCN=C(N)N)NC(=O)CN)C(=O)O. The Kier molecular flexibility index (Phi) is 12.7. The van der Waals surface area contributed by atoms with Crippen molar-refractivity contribution in [3.63, 3.8) is 0 Å². The summed E-state index contributed by atoms with van der Waals surface area (Å²) >= 11 is 0. The molecular weight excluding hydrogens is 398 g/mol. The monoisotopic (exact) mass is 431 g/mol. The molecule has 0 aromatic carbocycles. The standard InChI is InChI=1S/C17H33N7O6/c1-3-9(2)13(16(29)30)24-15(28)11(8-25)23-14(27)10(22-12(26)7-18)5-4-6-21-17(19)20/h9-11,13,25H,3-8,18H2,1-2H3,(H,22,26)(H,23,27)(H,24,28)(H,29,30)(H4,19,20,21). The number of aliphatic imine (C=N–C) groups is 1. The molecule has 0 bridgehead atoms. The maximum atomic E-state index is 12.5. The highest BCUT2D eigenvalue weighted by molar-refractivity contribution is 5.93. The number of nitrogens with two attached hydrogens (primary N) is 3. The van der Waals surface area contributed by atoms with Gasteiger partial charge in [-0.05, 0) is 18.8 Å². The van der Waals surface area contributed by atoms with Gasteiger partial charge in [0, 0.05) is 6.54 Å². The first-order chi connectivity index (χ1) is 14.1. The quantitative estimate of drug-likeness (QED) is 0.0775. The number of carbonyl (C=O) groups is 4. The Morgan fingerprint density at radius 2 is 1.63 bits per heavy atom. The average Bonchev–Trinajstić information content (AvgIpc) is 2.70. The van der Waals surface area contributed by atoms with Gasteiger partial charge in [-0.2, -0.15) is 0 Å². The summed E-state index contributed by atoms with van der Waals surface area (Å²) in [4.78, 5) is 51.7. The number of amides is 3. The second kappa shape index (κ2) is 14.1. The van der Waals surface area contributed by atoms with Crippen LogP contribution in [0.1, 0.15) is 33.1 Å². The second-order valence-electron chi connectivity index (χ2n) is 6.73. The van der Waals surface area contributed by atoms with Crippen LogP contribution in [-0.2, 0) is 19.2 Å². The third kappa shape index (κ3) is 10.0. The van der Waals surface area contributed by atoms with Gasteiger partial charge < -0.3 is 43.4 Å². The Labute approximate surface area is 174 Å². The average molecular weight is 431 g/mol. The van der Waals surface area contributed by atoms with Gasteiger partial charge in [-0.25, -0.2) is 4.79 Å². The molecule has 0 aliphatic rings. The van der Waals surface area contributed by atoms with E-state index in [2.05, 4.69) is 20.9 Å². The van der Waals surface area contributed by atoms with E-state index in [0.29, 0.717) is 12.8 Å². The maximum absolute atomic E-state index is 12.5. The summed E-state index contributed by atoms with van der Waals surface area (Å²) in [6.45, 7) is 2.52. The maximum Gasteiger partial charge on any atom is 0.326 e. The van der Waals surface area contributed by atoms with Crippen LogP contribution in [0.4, 0.5) is 0 Å². The topological polar surface area (TPSA) is 235 Å². The molecular formula is C17H33N7O6. The Bertz CT molecular complexity index is 624. The Morgan fingerprint density at radius 1 is 1.03 bits per heavy atom. The highest BCUT2D eigenvalue weighted by Gasteiger charge is 2.30. The van der Waals surface area contributed by atoms with E-state index in [1.165, 1.54) is 0 Å². The first-order valence-corrected chi connectivity index (χ1v) is 9.56. The number of hydrogen-bond donors (Lipinski definition) is 8. The number of carboxylic acids is 1. The molecule has 30 heavy (non-hydrogen) atoms. The molecule has 0 saturated carbocycles. The van der Waals surface area contributed by atoms with Gasteiger partial charge in [0.1, 0.15) is 18.1 Å². The number of guanidine groups is 1. The number of rotatable bonds is 14. The van der Waals surface area contributed by atoms with E-state index in [1.807, 2.05) is 0 Å². The molecule has 0 saturated heterocycles. The molecule has 4 atom stereocenters. The molecule has 0 radical (unpaired) electrons. The highest BCUT2D eigenvalue weighted by Crippen LogP contribution is 2.08. The van der Waals surface area contributed by atoms with Gasteiger partial charge >= 0.3 is 5.97 Å². The van der Waals surface area contributed by atoms with Crippen LogP contribution in [0.25, 0.3) is 0 Å². The Morgan fingerprint density at radius 3 is 2.10 bits per heavy atom. The molecule has 13 nitrogen and oxygen atoms in total. The first kappa shape index (κ1) is 27.1. The predicted molar refractivity (Wildman–Crippen MR) is 109 cm³/mol. The molecule has 0 aromatic rings. The zero-order valence-electron chi connectivity index (χ0n) is 17.3. The number of aliphatic carboxylic acids is 1. The summed E-state index contributed by atoms with van der Waals surface area (Å²) in [5.41, 5.74) is 15.7. The van der Waals surface area contributed by atoms with Crippen LogP contribution in [0.15, 0.2) is 4.99 Å². The number of carboxylic acid groups (broad SMARTS) is 1. The van der Waals surface area contributed by atoms with Crippen LogP contribution in [0.5, 0.6) is 0 Å². The zero-order chi connectivity index (χ0) is 23.3. The first-order valence-electron chi connectivity index (χ1n) is 9.56. The number of nitrogens with zero attached hydrogens (tertiary/aromatic N) is 1. The Balaban J connectivity index is 5.15. The minimum absolute atomic E-state index is 0.117. The number of carbonyl (C=O) groups excluding carboxylic acids is 3.